The van der Waals surface area contributed by atoms with E-state index in [1.807, 2.05) is 34.9 Å². The predicted molar refractivity (Wildman–Crippen MR) is 101 cm³/mol. The second-order valence-electron chi connectivity index (χ2n) is 6.51. The number of fused-ring (bicyclic) bond motifs is 4. The smallest absolute Gasteiger partial charge is 0.250 e. The fraction of sp³-hybridized carbons (Fsp3) is 0.333. The summed E-state index contributed by atoms with van der Waals surface area (Å²) < 4.78 is 1.93. The number of halogens is 1. The monoisotopic (exact) mass is 359 g/mol. The van der Waals surface area contributed by atoms with Crippen LogP contribution >= 0.6 is 23.8 Å². The number of pyridine rings is 1. The fourth-order valence-corrected chi connectivity index (χ4v) is 4.26. The maximum absolute atomic E-state index is 12.1. The molecule has 124 valence electrons. The first-order valence-electron chi connectivity index (χ1n) is 8.12. The molecule has 2 aliphatic rings. The third-order valence-corrected chi connectivity index (χ3v) is 5.57. The molecule has 0 aliphatic carbocycles. The summed E-state index contributed by atoms with van der Waals surface area (Å²) in [6, 6.07) is 13.2. The molecule has 0 amide bonds. The second-order valence-corrected chi connectivity index (χ2v) is 7.31. The highest BCUT2D eigenvalue weighted by Gasteiger charge is 2.35. The molecule has 24 heavy (non-hydrogen) atoms. The van der Waals surface area contributed by atoms with Crippen LogP contribution < -0.4 is 10.9 Å². The first-order chi connectivity index (χ1) is 11.6. The normalized spacial score (nSPS) is 22.0. The molecule has 2 aliphatic heterocycles. The van der Waals surface area contributed by atoms with Gasteiger partial charge in [0.05, 0.1) is 10.7 Å². The minimum Gasteiger partial charge on any atom is -0.348 e. The van der Waals surface area contributed by atoms with Crippen molar-refractivity contribution in [3.8, 4) is 0 Å². The Labute approximate surface area is 151 Å². The maximum atomic E-state index is 12.1. The molecular formula is C18H18ClN3OS. The molecule has 3 heterocycles. The van der Waals surface area contributed by atoms with Gasteiger partial charge >= 0.3 is 0 Å². The van der Waals surface area contributed by atoms with Gasteiger partial charge in [-0.1, -0.05) is 29.8 Å². The van der Waals surface area contributed by atoms with Crippen molar-refractivity contribution in [1.29, 1.82) is 0 Å². The Morgan fingerprint density at radius 2 is 1.96 bits per heavy atom. The number of benzene rings is 1. The van der Waals surface area contributed by atoms with E-state index in [0.717, 1.165) is 37.4 Å². The van der Waals surface area contributed by atoms with Crippen molar-refractivity contribution in [1.82, 2.24) is 9.47 Å². The van der Waals surface area contributed by atoms with Crippen molar-refractivity contribution < 1.29 is 0 Å². The fourth-order valence-electron chi connectivity index (χ4n) is 3.82. The number of thiocarbonyl (C=S) groups is 1. The number of para-hydroxylation sites is 1. The molecule has 2 bridgehead atoms. The van der Waals surface area contributed by atoms with E-state index in [2.05, 4.69) is 16.3 Å². The highest BCUT2D eigenvalue weighted by atomic mass is 35.5. The zero-order valence-corrected chi connectivity index (χ0v) is 14.7. The number of likely N-dealkylation sites (tertiary alicyclic amines) is 1. The van der Waals surface area contributed by atoms with Crippen molar-refractivity contribution in [2.75, 3.05) is 18.4 Å². The van der Waals surface area contributed by atoms with Crippen molar-refractivity contribution in [3.63, 3.8) is 0 Å². The summed E-state index contributed by atoms with van der Waals surface area (Å²) in [5.74, 6) is 0.791. The van der Waals surface area contributed by atoms with E-state index in [-0.39, 0.29) is 5.56 Å². The first kappa shape index (κ1) is 15.7. The van der Waals surface area contributed by atoms with Gasteiger partial charge < -0.3 is 14.8 Å². The lowest BCUT2D eigenvalue weighted by Crippen LogP contribution is -2.50. The van der Waals surface area contributed by atoms with Gasteiger partial charge in [-0.05, 0) is 42.8 Å². The van der Waals surface area contributed by atoms with Crippen LogP contribution in [0.3, 0.4) is 0 Å². The minimum atomic E-state index is 0.104. The summed E-state index contributed by atoms with van der Waals surface area (Å²) in [7, 11) is 0. The SMILES string of the molecule is O=c1cccc2n1C[C@H]1C[C@H]2CN(C(=S)Nc2ccccc2Cl)C1. The summed E-state index contributed by atoms with van der Waals surface area (Å²) in [6.45, 7) is 2.47. The molecule has 0 saturated carbocycles. The molecule has 2 atom stereocenters. The van der Waals surface area contributed by atoms with E-state index in [1.54, 1.807) is 6.07 Å². The molecule has 1 aromatic heterocycles. The molecule has 0 spiro atoms. The van der Waals surface area contributed by atoms with E-state index in [1.165, 1.54) is 0 Å². The number of aromatic nitrogens is 1. The van der Waals surface area contributed by atoms with Gasteiger partial charge in [-0.15, -0.1) is 0 Å². The van der Waals surface area contributed by atoms with Crippen LogP contribution in [0.2, 0.25) is 5.02 Å². The van der Waals surface area contributed by atoms with Gasteiger partial charge in [0.25, 0.3) is 5.56 Å². The highest BCUT2D eigenvalue weighted by Crippen LogP contribution is 2.35. The number of nitrogens with one attached hydrogen (secondary N) is 1. The average Bonchev–Trinajstić information content (AvgIpc) is 2.58. The topological polar surface area (TPSA) is 37.3 Å². The molecule has 4 nitrogen and oxygen atoms in total. The third-order valence-electron chi connectivity index (χ3n) is 4.88. The molecule has 6 heteroatoms. The number of hydrogen-bond acceptors (Lipinski definition) is 2. The van der Waals surface area contributed by atoms with Crippen molar-refractivity contribution in [2.45, 2.75) is 18.9 Å². The van der Waals surface area contributed by atoms with E-state index < -0.39 is 0 Å². The van der Waals surface area contributed by atoms with Gasteiger partial charge in [-0.2, -0.15) is 0 Å². The Bertz CT molecular complexity index is 850. The summed E-state index contributed by atoms with van der Waals surface area (Å²) in [5, 5.41) is 4.62. The molecule has 4 rings (SSSR count). The van der Waals surface area contributed by atoms with Crippen molar-refractivity contribution >= 4 is 34.6 Å². The van der Waals surface area contributed by atoms with Crippen LogP contribution in [-0.4, -0.2) is 27.7 Å². The largest absolute Gasteiger partial charge is 0.348 e. The second kappa shape index (κ2) is 6.22. The standard InChI is InChI=1S/C18H18ClN3OS/c19-14-4-1-2-5-15(14)20-18(24)21-9-12-8-13(11-21)16-6-3-7-17(23)22(16)10-12/h1-7,12-13H,8-11H2,(H,20,24)/t12-,13-/m0/s1. The number of piperidine rings is 1. The van der Waals surface area contributed by atoms with E-state index in [0.29, 0.717) is 22.0 Å². The van der Waals surface area contributed by atoms with Gasteiger partial charge in [0.1, 0.15) is 0 Å². The van der Waals surface area contributed by atoms with Gasteiger partial charge in [0.2, 0.25) is 0 Å². The maximum Gasteiger partial charge on any atom is 0.250 e. The van der Waals surface area contributed by atoms with Crippen molar-refractivity contribution in [2.24, 2.45) is 5.92 Å². The van der Waals surface area contributed by atoms with E-state index in [4.69, 9.17) is 23.8 Å². The Morgan fingerprint density at radius 1 is 1.12 bits per heavy atom. The minimum absolute atomic E-state index is 0.104. The van der Waals surface area contributed by atoms with Crippen LogP contribution in [0.4, 0.5) is 5.69 Å². The summed E-state index contributed by atoms with van der Waals surface area (Å²) >= 11 is 11.8. The zero-order chi connectivity index (χ0) is 16.7. The third kappa shape index (κ3) is 2.82. The average molecular weight is 360 g/mol. The number of anilines is 1. The predicted octanol–water partition coefficient (Wildman–Crippen LogP) is 3.32. The molecule has 1 saturated heterocycles. The van der Waals surface area contributed by atoms with Gasteiger partial charge in [-0.3, -0.25) is 4.79 Å². The highest BCUT2D eigenvalue weighted by molar-refractivity contribution is 7.80. The summed E-state index contributed by atoms with van der Waals surface area (Å²) in [4.78, 5) is 14.3. The lowest BCUT2D eigenvalue weighted by Gasteiger charge is -2.43. The Morgan fingerprint density at radius 3 is 2.79 bits per heavy atom. The van der Waals surface area contributed by atoms with Crippen LogP contribution in [-0.2, 0) is 6.54 Å². The number of rotatable bonds is 1. The van der Waals surface area contributed by atoms with Crippen molar-refractivity contribution in [3.05, 3.63) is 63.5 Å². The number of nitrogens with zero attached hydrogens (tertiary/aromatic N) is 2. The molecule has 0 unspecified atom stereocenters. The molecular weight excluding hydrogens is 342 g/mol. The lowest BCUT2D eigenvalue weighted by molar-refractivity contribution is 0.180. The lowest BCUT2D eigenvalue weighted by atomic mass is 9.83. The van der Waals surface area contributed by atoms with Crippen LogP contribution in [0.25, 0.3) is 0 Å². The molecule has 1 fully saturated rings. The van der Waals surface area contributed by atoms with E-state index >= 15 is 0 Å². The summed E-state index contributed by atoms with van der Waals surface area (Å²) in [5.41, 5.74) is 2.06. The van der Waals surface area contributed by atoms with Crippen LogP contribution in [0, 0.1) is 5.92 Å². The van der Waals surface area contributed by atoms with Gasteiger partial charge in [0, 0.05) is 37.3 Å². The van der Waals surface area contributed by atoms with Crippen LogP contribution in [0.1, 0.15) is 18.0 Å². The Hall–Kier alpha value is -1.85. The molecule has 1 aromatic carbocycles. The summed E-state index contributed by atoms with van der Waals surface area (Å²) in [6.07, 6.45) is 1.12. The first-order valence-corrected chi connectivity index (χ1v) is 8.90. The molecule has 0 radical (unpaired) electrons. The van der Waals surface area contributed by atoms with Crippen LogP contribution in [0.15, 0.2) is 47.3 Å². The van der Waals surface area contributed by atoms with Gasteiger partial charge in [-0.25, -0.2) is 0 Å². The van der Waals surface area contributed by atoms with E-state index in [9.17, 15) is 4.79 Å². The molecule has 2 aromatic rings. The Balaban J connectivity index is 1.55. The van der Waals surface area contributed by atoms with Crippen LogP contribution in [0.5, 0.6) is 0 Å². The Kier molecular flexibility index (Phi) is 4.06. The zero-order valence-electron chi connectivity index (χ0n) is 13.1. The molecule has 1 N–H and O–H groups in total. The van der Waals surface area contributed by atoms with Gasteiger partial charge in [0.15, 0.2) is 5.11 Å². The number of hydrogen-bond donors (Lipinski definition) is 1. The quantitative estimate of drug-likeness (QED) is 0.792.